The molecular weight excluding hydrogens is 479 g/mol. The smallest absolute Gasteiger partial charge is 0.243 e. The molecule has 29 heavy (non-hydrogen) atoms. The SMILES string of the molecule is CC(NC(=NCC(=O)N(C)C)NCCOC1CCCCCC1)c1ccccc1.I. The van der Waals surface area contributed by atoms with Crippen LogP contribution >= 0.6 is 24.0 Å². The zero-order valence-electron chi connectivity index (χ0n) is 18.0. The topological polar surface area (TPSA) is 66.0 Å². The molecule has 2 rings (SSSR count). The lowest BCUT2D eigenvalue weighted by molar-refractivity contribution is -0.127. The minimum Gasteiger partial charge on any atom is -0.376 e. The number of amides is 1. The number of halogens is 1. The number of rotatable bonds is 8. The van der Waals surface area contributed by atoms with Crippen molar-refractivity contribution in [3.8, 4) is 0 Å². The normalized spacial score (nSPS) is 16.3. The van der Waals surface area contributed by atoms with E-state index < -0.39 is 0 Å². The molecule has 0 heterocycles. The van der Waals surface area contributed by atoms with Gasteiger partial charge < -0.3 is 20.3 Å². The predicted octanol–water partition coefficient (Wildman–Crippen LogP) is 3.73. The largest absolute Gasteiger partial charge is 0.376 e. The summed E-state index contributed by atoms with van der Waals surface area (Å²) in [6.07, 6.45) is 7.92. The summed E-state index contributed by atoms with van der Waals surface area (Å²) < 4.78 is 6.05. The van der Waals surface area contributed by atoms with Crippen molar-refractivity contribution in [1.29, 1.82) is 0 Å². The number of guanidine groups is 1. The Hall–Kier alpha value is -1.35. The number of nitrogens with one attached hydrogen (secondary N) is 2. The number of aliphatic imine (C=N–C) groups is 1. The predicted molar refractivity (Wildman–Crippen MR) is 130 cm³/mol. The summed E-state index contributed by atoms with van der Waals surface area (Å²) in [4.78, 5) is 17.9. The number of carbonyl (C=O) groups is 1. The molecule has 1 aromatic rings. The highest BCUT2D eigenvalue weighted by Gasteiger charge is 2.13. The molecule has 2 N–H and O–H groups in total. The van der Waals surface area contributed by atoms with Crippen LogP contribution in [-0.2, 0) is 9.53 Å². The lowest BCUT2D eigenvalue weighted by Gasteiger charge is -2.20. The van der Waals surface area contributed by atoms with Gasteiger partial charge in [-0.25, -0.2) is 4.99 Å². The van der Waals surface area contributed by atoms with E-state index in [-0.39, 0.29) is 42.5 Å². The number of ether oxygens (including phenoxy) is 1. The summed E-state index contributed by atoms with van der Waals surface area (Å²) in [5.41, 5.74) is 1.17. The Morgan fingerprint density at radius 2 is 1.83 bits per heavy atom. The Morgan fingerprint density at radius 3 is 2.45 bits per heavy atom. The van der Waals surface area contributed by atoms with Gasteiger partial charge in [0.1, 0.15) is 6.54 Å². The Kier molecular flexibility index (Phi) is 12.9. The molecule has 1 aliphatic rings. The summed E-state index contributed by atoms with van der Waals surface area (Å²) in [5.74, 6) is 0.610. The quantitative estimate of drug-likeness (QED) is 0.182. The third-order valence-corrected chi connectivity index (χ3v) is 5.07. The molecule has 1 amide bonds. The number of hydrogen-bond acceptors (Lipinski definition) is 3. The van der Waals surface area contributed by atoms with Crippen LogP contribution in [-0.4, -0.2) is 56.7 Å². The molecule has 0 saturated heterocycles. The molecule has 7 heteroatoms. The van der Waals surface area contributed by atoms with Gasteiger partial charge in [0.2, 0.25) is 5.91 Å². The minimum atomic E-state index is -0.0248. The molecule has 1 atom stereocenters. The first-order valence-corrected chi connectivity index (χ1v) is 10.5. The van der Waals surface area contributed by atoms with Gasteiger partial charge in [-0.15, -0.1) is 24.0 Å². The van der Waals surface area contributed by atoms with E-state index in [9.17, 15) is 4.79 Å². The van der Waals surface area contributed by atoms with Gasteiger partial charge in [0.05, 0.1) is 18.8 Å². The van der Waals surface area contributed by atoms with Gasteiger partial charge in [-0.1, -0.05) is 56.0 Å². The fraction of sp³-hybridized carbons (Fsp3) is 0.636. The van der Waals surface area contributed by atoms with Crippen molar-refractivity contribution < 1.29 is 9.53 Å². The van der Waals surface area contributed by atoms with E-state index in [0.717, 1.165) is 0 Å². The summed E-state index contributed by atoms with van der Waals surface area (Å²) in [6.45, 7) is 3.52. The average molecular weight is 516 g/mol. The maximum atomic E-state index is 11.9. The van der Waals surface area contributed by atoms with Gasteiger partial charge >= 0.3 is 0 Å². The fourth-order valence-electron chi connectivity index (χ4n) is 3.27. The van der Waals surface area contributed by atoms with E-state index in [2.05, 4.69) is 34.7 Å². The van der Waals surface area contributed by atoms with Crippen LogP contribution in [0.25, 0.3) is 0 Å². The van der Waals surface area contributed by atoms with E-state index in [1.807, 2.05) is 18.2 Å². The molecule has 164 valence electrons. The van der Waals surface area contributed by atoms with Crippen LogP contribution in [0.15, 0.2) is 35.3 Å². The molecule has 1 fully saturated rings. The van der Waals surface area contributed by atoms with Crippen LogP contribution in [0, 0.1) is 0 Å². The average Bonchev–Trinajstić information content (AvgIpc) is 2.98. The summed E-state index contributed by atoms with van der Waals surface area (Å²) >= 11 is 0. The molecule has 1 aliphatic carbocycles. The third kappa shape index (κ3) is 10.3. The maximum Gasteiger partial charge on any atom is 0.243 e. The van der Waals surface area contributed by atoms with Crippen molar-refractivity contribution in [2.24, 2.45) is 4.99 Å². The van der Waals surface area contributed by atoms with Crippen molar-refractivity contribution in [2.75, 3.05) is 33.8 Å². The van der Waals surface area contributed by atoms with Gasteiger partial charge in [-0.05, 0) is 25.3 Å². The van der Waals surface area contributed by atoms with Crippen molar-refractivity contribution in [3.63, 3.8) is 0 Å². The van der Waals surface area contributed by atoms with Crippen LogP contribution in [0.5, 0.6) is 0 Å². The third-order valence-electron chi connectivity index (χ3n) is 5.07. The van der Waals surface area contributed by atoms with Crippen molar-refractivity contribution in [1.82, 2.24) is 15.5 Å². The maximum absolute atomic E-state index is 11.9. The standard InChI is InChI=1S/C22H36N4O2.HI/c1-18(19-11-7-6-8-12-19)25-22(24-17-21(27)26(2)3)23-15-16-28-20-13-9-4-5-10-14-20;/h6-8,11-12,18,20H,4-5,9-10,13-17H2,1-3H3,(H2,23,24,25);1H. The minimum absolute atomic E-state index is 0. The first kappa shape index (κ1) is 25.7. The van der Waals surface area contributed by atoms with Gasteiger partial charge in [0, 0.05) is 20.6 Å². The Morgan fingerprint density at radius 1 is 1.17 bits per heavy atom. The van der Waals surface area contributed by atoms with Crippen LogP contribution in [0.4, 0.5) is 0 Å². The van der Waals surface area contributed by atoms with Gasteiger partial charge in [-0.3, -0.25) is 4.79 Å². The molecular formula is C22H37IN4O2. The van der Waals surface area contributed by atoms with Crippen molar-refractivity contribution >= 4 is 35.8 Å². The van der Waals surface area contributed by atoms with Crippen LogP contribution in [0.3, 0.4) is 0 Å². The van der Waals surface area contributed by atoms with Gasteiger partial charge in [0.15, 0.2) is 5.96 Å². The zero-order chi connectivity index (χ0) is 20.2. The molecule has 1 saturated carbocycles. The number of hydrogen-bond donors (Lipinski definition) is 2. The number of likely N-dealkylation sites (N-methyl/N-ethyl adjacent to an activating group) is 1. The van der Waals surface area contributed by atoms with Crippen molar-refractivity contribution in [3.05, 3.63) is 35.9 Å². The first-order valence-electron chi connectivity index (χ1n) is 10.5. The number of benzene rings is 1. The van der Waals surface area contributed by atoms with E-state index >= 15 is 0 Å². The van der Waals surface area contributed by atoms with E-state index in [1.54, 1.807) is 19.0 Å². The van der Waals surface area contributed by atoms with E-state index in [4.69, 9.17) is 4.74 Å². The van der Waals surface area contributed by atoms with E-state index in [0.29, 0.717) is 25.2 Å². The Balaban J connectivity index is 0.00000420. The first-order chi connectivity index (χ1) is 13.6. The second kappa shape index (κ2) is 14.6. The molecule has 0 radical (unpaired) electrons. The highest BCUT2D eigenvalue weighted by Crippen LogP contribution is 2.19. The summed E-state index contributed by atoms with van der Waals surface area (Å²) in [5, 5.41) is 6.70. The second-order valence-electron chi connectivity index (χ2n) is 7.64. The van der Waals surface area contributed by atoms with E-state index in [1.165, 1.54) is 44.1 Å². The molecule has 0 aliphatic heterocycles. The van der Waals surface area contributed by atoms with Crippen LogP contribution < -0.4 is 10.6 Å². The Bertz CT molecular complexity index is 602. The fourth-order valence-corrected chi connectivity index (χ4v) is 3.27. The van der Waals surface area contributed by atoms with Crippen LogP contribution in [0.1, 0.15) is 57.1 Å². The van der Waals surface area contributed by atoms with Crippen LogP contribution in [0.2, 0.25) is 0 Å². The molecule has 0 spiro atoms. The monoisotopic (exact) mass is 516 g/mol. The lowest BCUT2D eigenvalue weighted by atomic mass is 10.1. The molecule has 0 aromatic heterocycles. The summed E-state index contributed by atoms with van der Waals surface area (Å²) in [6, 6.07) is 10.3. The molecule has 6 nitrogen and oxygen atoms in total. The van der Waals surface area contributed by atoms with Gasteiger partial charge in [0.25, 0.3) is 0 Å². The Labute approximate surface area is 192 Å². The number of nitrogens with zero attached hydrogens (tertiary/aromatic N) is 2. The highest BCUT2D eigenvalue weighted by atomic mass is 127. The van der Waals surface area contributed by atoms with Crippen molar-refractivity contribution in [2.45, 2.75) is 57.6 Å². The number of carbonyl (C=O) groups excluding carboxylic acids is 1. The lowest BCUT2D eigenvalue weighted by Crippen LogP contribution is -2.41. The molecule has 1 unspecified atom stereocenters. The summed E-state index contributed by atoms with van der Waals surface area (Å²) in [7, 11) is 3.48. The van der Waals surface area contributed by atoms with Gasteiger partial charge in [-0.2, -0.15) is 0 Å². The highest BCUT2D eigenvalue weighted by molar-refractivity contribution is 14.0. The zero-order valence-corrected chi connectivity index (χ0v) is 20.4. The second-order valence-corrected chi connectivity index (χ2v) is 7.64. The molecule has 1 aromatic carbocycles. The molecule has 0 bridgehead atoms.